The molecule has 0 aromatic heterocycles. The number of rotatable bonds is 5. The molecule has 0 spiro atoms. The molecule has 0 unspecified atom stereocenters. The van der Waals surface area contributed by atoms with Crippen molar-refractivity contribution in [3.63, 3.8) is 0 Å². The summed E-state index contributed by atoms with van der Waals surface area (Å²) in [5.74, 6) is 0. The maximum Gasteiger partial charge on any atom is 0.265 e. The number of nitrogens with zero attached hydrogens (tertiary/aromatic N) is 1. The van der Waals surface area contributed by atoms with Crippen LogP contribution in [0.4, 0.5) is 11.4 Å². The van der Waals surface area contributed by atoms with Crippen LogP contribution in [0.3, 0.4) is 0 Å². The first-order valence-corrected chi connectivity index (χ1v) is 9.88. The third-order valence-corrected chi connectivity index (χ3v) is 6.50. The SMILES string of the molecule is Nc1ccc(Br)c(S(=O)(=O)N(Cc2ccccc2)c2ccccc2)c1. The van der Waals surface area contributed by atoms with E-state index >= 15 is 0 Å². The fraction of sp³-hybridized carbons (Fsp3) is 0.0526. The van der Waals surface area contributed by atoms with Crippen molar-refractivity contribution in [1.29, 1.82) is 0 Å². The van der Waals surface area contributed by atoms with Gasteiger partial charge in [0.2, 0.25) is 0 Å². The molecule has 0 fully saturated rings. The molecular formula is C19H17BrN2O2S. The van der Waals surface area contributed by atoms with E-state index in [1.807, 2.05) is 48.5 Å². The highest BCUT2D eigenvalue weighted by molar-refractivity contribution is 9.10. The molecule has 6 heteroatoms. The zero-order valence-electron chi connectivity index (χ0n) is 13.3. The van der Waals surface area contributed by atoms with E-state index in [2.05, 4.69) is 15.9 Å². The fourth-order valence-electron chi connectivity index (χ4n) is 2.49. The highest BCUT2D eigenvalue weighted by Crippen LogP contribution is 2.31. The van der Waals surface area contributed by atoms with Gasteiger partial charge < -0.3 is 5.73 Å². The zero-order valence-corrected chi connectivity index (χ0v) is 15.7. The van der Waals surface area contributed by atoms with Crippen LogP contribution in [-0.4, -0.2) is 8.42 Å². The summed E-state index contributed by atoms with van der Waals surface area (Å²) < 4.78 is 28.6. The van der Waals surface area contributed by atoms with Crippen LogP contribution in [0.5, 0.6) is 0 Å². The summed E-state index contributed by atoms with van der Waals surface area (Å²) in [4.78, 5) is 0.146. The van der Waals surface area contributed by atoms with Gasteiger partial charge in [0.25, 0.3) is 10.0 Å². The number of anilines is 2. The Morgan fingerprint density at radius 2 is 1.48 bits per heavy atom. The number of nitrogen functional groups attached to an aromatic ring is 1. The zero-order chi connectivity index (χ0) is 17.9. The largest absolute Gasteiger partial charge is 0.399 e. The predicted octanol–water partition coefficient (Wildman–Crippen LogP) is 4.43. The molecule has 0 amide bonds. The van der Waals surface area contributed by atoms with Crippen molar-refractivity contribution in [2.75, 3.05) is 10.0 Å². The average molecular weight is 417 g/mol. The predicted molar refractivity (Wildman–Crippen MR) is 105 cm³/mol. The lowest BCUT2D eigenvalue weighted by Crippen LogP contribution is -2.30. The molecule has 0 atom stereocenters. The summed E-state index contributed by atoms with van der Waals surface area (Å²) in [5, 5.41) is 0. The molecule has 0 bridgehead atoms. The van der Waals surface area contributed by atoms with E-state index in [-0.39, 0.29) is 11.4 Å². The van der Waals surface area contributed by atoms with Crippen LogP contribution >= 0.6 is 15.9 Å². The minimum Gasteiger partial charge on any atom is -0.399 e. The summed E-state index contributed by atoms with van der Waals surface area (Å²) in [6.07, 6.45) is 0. The molecule has 3 aromatic rings. The van der Waals surface area contributed by atoms with Crippen LogP contribution in [0.2, 0.25) is 0 Å². The molecule has 3 aromatic carbocycles. The van der Waals surface area contributed by atoms with Crippen molar-refractivity contribution in [1.82, 2.24) is 0 Å². The first-order valence-electron chi connectivity index (χ1n) is 7.65. The summed E-state index contributed by atoms with van der Waals surface area (Å²) >= 11 is 3.33. The average Bonchev–Trinajstić information content (AvgIpc) is 2.63. The first kappa shape index (κ1) is 17.5. The van der Waals surface area contributed by atoms with Crippen molar-refractivity contribution in [3.8, 4) is 0 Å². The molecule has 0 heterocycles. The van der Waals surface area contributed by atoms with Crippen LogP contribution in [0.25, 0.3) is 0 Å². The summed E-state index contributed by atoms with van der Waals surface area (Å²) in [6.45, 7) is 0.231. The molecule has 0 aliphatic carbocycles. The van der Waals surface area contributed by atoms with Gasteiger partial charge in [0.1, 0.15) is 4.90 Å². The second kappa shape index (κ2) is 7.29. The van der Waals surface area contributed by atoms with E-state index in [0.29, 0.717) is 15.8 Å². The maximum absolute atomic E-state index is 13.4. The van der Waals surface area contributed by atoms with E-state index in [0.717, 1.165) is 5.56 Å². The first-order chi connectivity index (χ1) is 12.0. The minimum atomic E-state index is -3.80. The van der Waals surface area contributed by atoms with Crippen LogP contribution in [-0.2, 0) is 16.6 Å². The Balaban J connectivity index is 2.12. The lowest BCUT2D eigenvalue weighted by Gasteiger charge is -2.25. The number of para-hydroxylation sites is 1. The fourth-order valence-corrected chi connectivity index (χ4v) is 4.91. The Kier molecular flexibility index (Phi) is 5.11. The van der Waals surface area contributed by atoms with Gasteiger partial charge in [-0.1, -0.05) is 48.5 Å². The molecule has 128 valence electrons. The van der Waals surface area contributed by atoms with Crippen LogP contribution in [0.1, 0.15) is 5.56 Å². The monoisotopic (exact) mass is 416 g/mol. The lowest BCUT2D eigenvalue weighted by atomic mass is 10.2. The number of halogens is 1. The number of hydrogen-bond acceptors (Lipinski definition) is 3. The second-order valence-corrected chi connectivity index (χ2v) is 8.21. The topological polar surface area (TPSA) is 63.4 Å². The summed E-state index contributed by atoms with van der Waals surface area (Å²) in [7, 11) is -3.80. The molecule has 0 aliphatic heterocycles. The smallest absolute Gasteiger partial charge is 0.265 e. The van der Waals surface area contributed by atoms with Gasteiger partial charge in [0, 0.05) is 10.2 Å². The van der Waals surface area contributed by atoms with Crippen molar-refractivity contribution >= 4 is 37.3 Å². The summed E-state index contributed by atoms with van der Waals surface area (Å²) in [5.41, 5.74) is 7.71. The number of sulfonamides is 1. The van der Waals surface area contributed by atoms with E-state index in [1.54, 1.807) is 24.3 Å². The minimum absolute atomic E-state index is 0.146. The molecule has 0 saturated carbocycles. The quantitative estimate of drug-likeness (QED) is 0.625. The third-order valence-electron chi connectivity index (χ3n) is 3.74. The Hall–Kier alpha value is -2.31. The van der Waals surface area contributed by atoms with Crippen LogP contribution < -0.4 is 10.0 Å². The Bertz CT molecular complexity index is 961. The van der Waals surface area contributed by atoms with Gasteiger partial charge in [0.15, 0.2) is 0 Å². The van der Waals surface area contributed by atoms with Crippen molar-refractivity contribution in [3.05, 3.63) is 88.9 Å². The Morgan fingerprint density at radius 1 is 0.880 bits per heavy atom. The molecule has 0 radical (unpaired) electrons. The van der Waals surface area contributed by atoms with Gasteiger partial charge in [-0.05, 0) is 51.8 Å². The van der Waals surface area contributed by atoms with Crippen molar-refractivity contribution in [2.45, 2.75) is 11.4 Å². The van der Waals surface area contributed by atoms with Gasteiger partial charge in [-0.2, -0.15) is 0 Å². The van der Waals surface area contributed by atoms with E-state index < -0.39 is 10.0 Å². The molecular weight excluding hydrogens is 400 g/mol. The number of nitrogens with two attached hydrogens (primary N) is 1. The van der Waals surface area contributed by atoms with Gasteiger partial charge >= 0.3 is 0 Å². The normalized spacial score (nSPS) is 11.2. The maximum atomic E-state index is 13.4. The van der Waals surface area contributed by atoms with Crippen LogP contribution in [0, 0.1) is 0 Å². The standard InChI is InChI=1S/C19H17BrN2O2S/c20-18-12-11-16(21)13-19(18)25(23,24)22(17-9-5-2-6-10-17)14-15-7-3-1-4-8-15/h1-13H,14,21H2. The summed E-state index contributed by atoms with van der Waals surface area (Å²) in [6, 6.07) is 23.3. The second-order valence-electron chi connectivity index (χ2n) is 5.52. The molecule has 3 rings (SSSR count). The van der Waals surface area contributed by atoms with Crippen molar-refractivity contribution in [2.24, 2.45) is 0 Å². The van der Waals surface area contributed by atoms with Gasteiger partial charge in [-0.15, -0.1) is 0 Å². The number of benzene rings is 3. The molecule has 2 N–H and O–H groups in total. The van der Waals surface area contributed by atoms with E-state index in [4.69, 9.17) is 5.73 Å². The Labute approximate surface area is 156 Å². The molecule has 25 heavy (non-hydrogen) atoms. The highest BCUT2D eigenvalue weighted by atomic mass is 79.9. The van der Waals surface area contributed by atoms with Gasteiger partial charge in [-0.25, -0.2) is 8.42 Å². The Morgan fingerprint density at radius 3 is 2.12 bits per heavy atom. The molecule has 0 saturated heterocycles. The van der Waals surface area contributed by atoms with Gasteiger partial charge in [-0.3, -0.25) is 4.31 Å². The number of hydrogen-bond donors (Lipinski definition) is 1. The van der Waals surface area contributed by atoms with Gasteiger partial charge in [0.05, 0.1) is 12.2 Å². The van der Waals surface area contributed by atoms with E-state index in [9.17, 15) is 8.42 Å². The van der Waals surface area contributed by atoms with Crippen LogP contribution in [0.15, 0.2) is 88.2 Å². The van der Waals surface area contributed by atoms with E-state index in [1.165, 1.54) is 10.4 Å². The third kappa shape index (κ3) is 3.86. The lowest BCUT2D eigenvalue weighted by molar-refractivity contribution is 0.590. The highest BCUT2D eigenvalue weighted by Gasteiger charge is 2.27. The molecule has 4 nitrogen and oxygen atoms in total. The van der Waals surface area contributed by atoms with Crippen molar-refractivity contribution < 1.29 is 8.42 Å². The molecule has 0 aliphatic rings.